The van der Waals surface area contributed by atoms with Crippen molar-refractivity contribution >= 4 is 17.3 Å². The van der Waals surface area contributed by atoms with Crippen LogP contribution in [0, 0.1) is 16.7 Å². The molecule has 0 aromatic heterocycles. The molecule has 0 saturated carbocycles. The predicted octanol–water partition coefficient (Wildman–Crippen LogP) is 3.60. The second-order valence-electron chi connectivity index (χ2n) is 12.6. The van der Waals surface area contributed by atoms with Crippen LogP contribution in [0.2, 0.25) is 0 Å². The molecule has 0 radical (unpaired) electrons. The maximum atomic E-state index is 13.5. The number of rotatable bonds is 4. The average Bonchev–Trinajstić information content (AvgIpc) is 2.91. The SMILES string of the molecule is CC1OC(O[C@H]2C[C@](O)(C(=O)CO)Cc3c(O)c4c(c(O)c32)C(=O)c2ccccc2C4=O)C(C)(C)C(C)C1(C)C. The first-order chi connectivity index (χ1) is 18.6. The lowest BCUT2D eigenvalue weighted by Crippen LogP contribution is -2.57. The van der Waals surface area contributed by atoms with Crippen molar-refractivity contribution in [3.05, 3.63) is 57.6 Å². The Kier molecular flexibility index (Phi) is 6.54. The van der Waals surface area contributed by atoms with Crippen LogP contribution in [0.3, 0.4) is 0 Å². The van der Waals surface area contributed by atoms with Crippen LogP contribution in [-0.4, -0.2) is 62.4 Å². The first kappa shape index (κ1) is 28.4. The molecule has 1 aliphatic heterocycles. The van der Waals surface area contributed by atoms with Gasteiger partial charge in [-0.25, -0.2) is 0 Å². The van der Waals surface area contributed by atoms with Crippen molar-refractivity contribution in [2.45, 2.75) is 78.5 Å². The van der Waals surface area contributed by atoms with Gasteiger partial charge < -0.3 is 29.9 Å². The van der Waals surface area contributed by atoms with Gasteiger partial charge in [0.2, 0.25) is 0 Å². The van der Waals surface area contributed by atoms with E-state index < -0.39 is 70.8 Å². The number of Topliss-reactive ketones (excluding diaryl/α,β-unsaturated/α-hetero) is 1. The van der Waals surface area contributed by atoms with Gasteiger partial charge in [0.15, 0.2) is 23.6 Å². The zero-order chi connectivity index (χ0) is 29.5. The molecule has 0 spiro atoms. The minimum absolute atomic E-state index is 0.0109. The Labute approximate surface area is 232 Å². The number of ether oxygens (including phenoxy) is 2. The van der Waals surface area contributed by atoms with Gasteiger partial charge in [-0.3, -0.25) is 14.4 Å². The van der Waals surface area contributed by atoms with E-state index in [2.05, 4.69) is 20.8 Å². The molecule has 3 aliphatic rings. The number of carbonyl (C=O) groups excluding carboxylic acids is 3. The monoisotopic (exact) mass is 552 g/mol. The summed E-state index contributed by atoms with van der Waals surface area (Å²) in [4.78, 5) is 39.7. The smallest absolute Gasteiger partial charge is 0.198 e. The van der Waals surface area contributed by atoms with Gasteiger partial charge in [-0.15, -0.1) is 0 Å². The number of carbonyl (C=O) groups is 3. The molecule has 2 aliphatic carbocycles. The van der Waals surface area contributed by atoms with Crippen LogP contribution < -0.4 is 0 Å². The third-order valence-electron chi connectivity index (χ3n) is 9.94. The Balaban J connectivity index is 1.69. The van der Waals surface area contributed by atoms with Crippen molar-refractivity contribution in [3.63, 3.8) is 0 Å². The highest BCUT2D eigenvalue weighted by molar-refractivity contribution is 6.30. The molecule has 0 bridgehead atoms. The van der Waals surface area contributed by atoms with Crippen molar-refractivity contribution in [1.29, 1.82) is 0 Å². The Morgan fingerprint density at radius 3 is 2.08 bits per heavy atom. The third-order valence-corrected chi connectivity index (χ3v) is 9.94. The Morgan fingerprint density at radius 1 is 0.975 bits per heavy atom. The van der Waals surface area contributed by atoms with Crippen LogP contribution in [0.1, 0.15) is 97.0 Å². The fourth-order valence-electron chi connectivity index (χ4n) is 6.57. The van der Waals surface area contributed by atoms with Gasteiger partial charge in [-0.1, -0.05) is 58.9 Å². The molecule has 9 heteroatoms. The third kappa shape index (κ3) is 3.86. The predicted molar refractivity (Wildman–Crippen MR) is 143 cm³/mol. The molecule has 1 heterocycles. The van der Waals surface area contributed by atoms with Gasteiger partial charge in [-0.2, -0.15) is 0 Å². The maximum absolute atomic E-state index is 13.5. The summed E-state index contributed by atoms with van der Waals surface area (Å²) >= 11 is 0. The van der Waals surface area contributed by atoms with E-state index in [1.807, 2.05) is 20.8 Å². The number of benzene rings is 2. The largest absolute Gasteiger partial charge is 0.507 e. The van der Waals surface area contributed by atoms with E-state index in [1.54, 1.807) is 12.1 Å². The molecule has 40 heavy (non-hydrogen) atoms. The van der Waals surface area contributed by atoms with Crippen molar-refractivity contribution in [2.24, 2.45) is 16.7 Å². The lowest BCUT2D eigenvalue weighted by Gasteiger charge is -2.55. The molecule has 4 N–H and O–H groups in total. The van der Waals surface area contributed by atoms with Crippen LogP contribution in [0.5, 0.6) is 11.5 Å². The summed E-state index contributed by atoms with van der Waals surface area (Å²) in [6.45, 7) is 11.2. The fourth-order valence-corrected chi connectivity index (χ4v) is 6.57. The van der Waals surface area contributed by atoms with Gasteiger partial charge in [0.05, 0.1) is 23.3 Å². The standard InChI is InChI=1S/C31H36O9/c1-14-29(3,4)15(2)39-28(30(14,5)6)40-19-12-31(38,20(33)13-32)11-18-21(19)27(37)23-22(26(18)36)24(34)16-9-7-8-10-17(16)25(23)35/h7-10,14-15,19,28,32,36-38H,11-13H2,1-6H3/t14?,15?,19-,28?,31-/m0/s1. The van der Waals surface area contributed by atoms with Crippen molar-refractivity contribution in [1.82, 2.24) is 0 Å². The number of phenols is 2. The number of phenolic OH excluding ortho intramolecular Hbond substituents is 2. The quantitative estimate of drug-likeness (QED) is 0.356. The molecule has 2 aromatic rings. The van der Waals surface area contributed by atoms with Crippen molar-refractivity contribution in [2.75, 3.05) is 6.61 Å². The molecule has 2 aromatic carbocycles. The Morgan fingerprint density at radius 2 is 1.52 bits per heavy atom. The topological polar surface area (TPSA) is 151 Å². The zero-order valence-electron chi connectivity index (χ0n) is 23.6. The number of aliphatic hydroxyl groups is 2. The maximum Gasteiger partial charge on any atom is 0.198 e. The van der Waals surface area contributed by atoms with Crippen LogP contribution in [0.15, 0.2) is 24.3 Å². The first-order valence-corrected chi connectivity index (χ1v) is 13.5. The summed E-state index contributed by atoms with van der Waals surface area (Å²) in [5, 5.41) is 44.1. The normalized spacial score (nSPS) is 30.3. The molecule has 0 amide bonds. The van der Waals surface area contributed by atoms with Gasteiger partial charge >= 0.3 is 0 Å². The van der Waals surface area contributed by atoms with E-state index >= 15 is 0 Å². The van der Waals surface area contributed by atoms with Crippen LogP contribution in [0.25, 0.3) is 0 Å². The van der Waals surface area contributed by atoms with E-state index in [9.17, 15) is 34.8 Å². The second-order valence-corrected chi connectivity index (χ2v) is 12.6. The summed E-state index contributed by atoms with van der Waals surface area (Å²) < 4.78 is 12.8. The molecule has 214 valence electrons. The molecular formula is C31H36O9. The summed E-state index contributed by atoms with van der Waals surface area (Å²) in [6, 6.07) is 6.12. The van der Waals surface area contributed by atoms with Gasteiger partial charge in [0, 0.05) is 40.5 Å². The number of hydrogen-bond donors (Lipinski definition) is 4. The summed E-state index contributed by atoms with van der Waals surface area (Å²) in [7, 11) is 0. The lowest BCUT2D eigenvalue weighted by atomic mass is 9.61. The Bertz CT molecular complexity index is 1440. The molecule has 3 unspecified atom stereocenters. The number of hydrogen-bond acceptors (Lipinski definition) is 9. The summed E-state index contributed by atoms with van der Waals surface area (Å²) in [6.07, 6.45) is -3.17. The highest BCUT2D eigenvalue weighted by Crippen LogP contribution is 2.55. The lowest BCUT2D eigenvalue weighted by molar-refractivity contribution is -0.314. The molecular weight excluding hydrogens is 516 g/mol. The van der Waals surface area contributed by atoms with E-state index in [0.29, 0.717) is 0 Å². The average molecular weight is 553 g/mol. The van der Waals surface area contributed by atoms with Crippen LogP contribution in [0.4, 0.5) is 0 Å². The van der Waals surface area contributed by atoms with Crippen molar-refractivity contribution in [3.8, 4) is 11.5 Å². The van der Waals surface area contributed by atoms with Crippen LogP contribution >= 0.6 is 0 Å². The Hall–Kier alpha value is -3.11. The summed E-state index contributed by atoms with van der Waals surface area (Å²) in [5.74, 6) is -3.26. The molecule has 1 saturated heterocycles. The summed E-state index contributed by atoms with van der Waals surface area (Å²) in [5.41, 5.74) is -3.59. The van der Waals surface area contributed by atoms with Gasteiger partial charge in [0.1, 0.15) is 23.7 Å². The van der Waals surface area contributed by atoms with Crippen molar-refractivity contribution < 1.29 is 44.3 Å². The highest BCUT2D eigenvalue weighted by Gasteiger charge is 2.55. The van der Waals surface area contributed by atoms with E-state index in [4.69, 9.17) is 9.47 Å². The molecule has 5 atom stereocenters. The molecule has 5 rings (SSSR count). The number of aliphatic hydroxyl groups excluding tert-OH is 1. The zero-order valence-corrected chi connectivity index (χ0v) is 23.6. The number of fused-ring (bicyclic) bond motifs is 3. The molecule has 1 fully saturated rings. The van der Waals surface area contributed by atoms with Gasteiger partial charge in [-0.05, 0) is 18.3 Å². The highest BCUT2D eigenvalue weighted by atomic mass is 16.7. The van der Waals surface area contributed by atoms with Gasteiger partial charge in [0.25, 0.3) is 0 Å². The first-order valence-electron chi connectivity index (χ1n) is 13.5. The fraction of sp³-hybridized carbons (Fsp3) is 0.516. The molecule has 9 nitrogen and oxygen atoms in total. The minimum Gasteiger partial charge on any atom is -0.507 e. The minimum atomic E-state index is -2.17. The van der Waals surface area contributed by atoms with E-state index in [0.717, 1.165) is 0 Å². The van der Waals surface area contributed by atoms with E-state index in [-0.39, 0.29) is 51.7 Å². The number of ketones is 3. The van der Waals surface area contributed by atoms with Crippen LogP contribution in [-0.2, 0) is 20.7 Å². The van der Waals surface area contributed by atoms with E-state index in [1.165, 1.54) is 12.1 Å². The number of aromatic hydroxyl groups is 2. The second kappa shape index (κ2) is 9.21.